The molecule has 170 valence electrons. The Morgan fingerprint density at radius 1 is 0.645 bits per heavy atom. The number of nitrogens with zero attached hydrogens (tertiary/aromatic N) is 6. The van der Waals surface area contributed by atoms with E-state index in [1.165, 1.54) is 0 Å². The second-order valence-electron chi connectivity index (χ2n) is 8.41. The van der Waals surface area contributed by atoms with Crippen molar-refractivity contribution >= 4 is 0 Å². The number of pyridine rings is 2. The summed E-state index contributed by atoms with van der Waals surface area (Å²) in [7, 11) is 4.43. The Morgan fingerprint density at radius 2 is 1.10 bits per heavy atom. The van der Waals surface area contributed by atoms with E-state index in [1.54, 1.807) is 0 Å². The maximum Gasteiger partial charge on any atom is 0.0594 e. The SMILES string of the molecule is CN1CCN(C)CCN(Cc2ccccn2)CCOCCN(Cc2ccccn2)CC1. The summed E-state index contributed by atoms with van der Waals surface area (Å²) in [5.41, 5.74) is 2.23. The molecule has 0 unspecified atom stereocenters. The first-order valence-corrected chi connectivity index (χ1v) is 11.4. The van der Waals surface area contributed by atoms with Gasteiger partial charge in [0, 0.05) is 77.8 Å². The highest BCUT2D eigenvalue weighted by Gasteiger charge is 2.12. The summed E-state index contributed by atoms with van der Waals surface area (Å²) in [6.45, 7) is 11.3. The van der Waals surface area contributed by atoms with Gasteiger partial charge in [-0.3, -0.25) is 19.8 Å². The molecule has 31 heavy (non-hydrogen) atoms. The van der Waals surface area contributed by atoms with Crippen molar-refractivity contribution < 1.29 is 4.74 Å². The zero-order valence-electron chi connectivity index (χ0n) is 19.2. The summed E-state index contributed by atoms with van der Waals surface area (Å²) >= 11 is 0. The normalized spacial score (nSPS) is 20.2. The van der Waals surface area contributed by atoms with Crippen LogP contribution in [-0.4, -0.2) is 109 Å². The van der Waals surface area contributed by atoms with E-state index in [-0.39, 0.29) is 0 Å². The smallest absolute Gasteiger partial charge is 0.0594 e. The van der Waals surface area contributed by atoms with E-state index < -0.39 is 0 Å². The summed E-state index contributed by atoms with van der Waals surface area (Å²) in [6.07, 6.45) is 3.75. The van der Waals surface area contributed by atoms with Crippen molar-refractivity contribution in [1.82, 2.24) is 29.6 Å². The van der Waals surface area contributed by atoms with E-state index in [9.17, 15) is 0 Å². The zero-order chi connectivity index (χ0) is 21.7. The number of likely N-dealkylation sites (N-methyl/N-ethyl adjacent to an activating group) is 2. The van der Waals surface area contributed by atoms with Crippen LogP contribution in [0, 0.1) is 0 Å². The van der Waals surface area contributed by atoms with Crippen LogP contribution in [0.15, 0.2) is 48.8 Å². The van der Waals surface area contributed by atoms with E-state index in [2.05, 4.69) is 67.9 Å². The van der Waals surface area contributed by atoms with Crippen molar-refractivity contribution in [2.45, 2.75) is 13.1 Å². The first-order valence-electron chi connectivity index (χ1n) is 11.4. The fourth-order valence-corrected chi connectivity index (χ4v) is 3.66. The van der Waals surface area contributed by atoms with Gasteiger partial charge in [0.05, 0.1) is 24.6 Å². The van der Waals surface area contributed by atoms with E-state index in [0.29, 0.717) is 0 Å². The van der Waals surface area contributed by atoms with Gasteiger partial charge in [-0.05, 0) is 38.4 Å². The minimum atomic E-state index is 0.744. The molecule has 0 aromatic carbocycles. The molecule has 0 N–H and O–H groups in total. The number of hydrogen-bond donors (Lipinski definition) is 0. The predicted octanol–water partition coefficient (Wildman–Crippen LogP) is 1.67. The van der Waals surface area contributed by atoms with Crippen LogP contribution in [0.2, 0.25) is 0 Å². The lowest BCUT2D eigenvalue weighted by atomic mass is 10.3. The van der Waals surface area contributed by atoms with Crippen LogP contribution in [0.25, 0.3) is 0 Å². The van der Waals surface area contributed by atoms with Crippen molar-refractivity contribution in [1.29, 1.82) is 0 Å². The van der Waals surface area contributed by atoms with Gasteiger partial charge >= 0.3 is 0 Å². The van der Waals surface area contributed by atoms with Crippen molar-refractivity contribution in [2.24, 2.45) is 0 Å². The predicted molar refractivity (Wildman–Crippen MR) is 125 cm³/mol. The highest BCUT2D eigenvalue weighted by atomic mass is 16.5. The Bertz CT molecular complexity index is 655. The van der Waals surface area contributed by atoms with Gasteiger partial charge in [0.15, 0.2) is 0 Å². The van der Waals surface area contributed by atoms with Crippen molar-refractivity contribution in [3.8, 4) is 0 Å². The molecular weight excluding hydrogens is 388 g/mol. The summed E-state index contributed by atoms with van der Waals surface area (Å²) in [5.74, 6) is 0. The molecule has 0 spiro atoms. The minimum Gasteiger partial charge on any atom is -0.379 e. The Hall–Kier alpha value is -1.90. The topological polar surface area (TPSA) is 48.0 Å². The van der Waals surface area contributed by atoms with Crippen LogP contribution >= 0.6 is 0 Å². The molecule has 0 saturated carbocycles. The van der Waals surface area contributed by atoms with Gasteiger partial charge < -0.3 is 14.5 Å². The number of hydrogen-bond acceptors (Lipinski definition) is 7. The molecule has 2 aromatic heterocycles. The Kier molecular flexibility index (Phi) is 10.3. The molecule has 1 fully saturated rings. The standard InChI is InChI=1S/C24H38N6O/c1-27-11-12-28(2)14-16-30(22-24-8-4-6-10-26-24)18-20-31-19-17-29(15-13-27)21-23-7-3-5-9-25-23/h3-10H,11-22H2,1-2H3. The highest BCUT2D eigenvalue weighted by molar-refractivity contribution is 5.04. The van der Waals surface area contributed by atoms with E-state index in [0.717, 1.165) is 90.0 Å². The average molecular weight is 427 g/mol. The van der Waals surface area contributed by atoms with Gasteiger partial charge in [-0.15, -0.1) is 0 Å². The fraction of sp³-hybridized carbons (Fsp3) is 0.583. The molecule has 1 aliphatic heterocycles. The first kappa shape index (κ1) is 23.8. The zero-order valence-corrected chi connectivity index (χ0v) is 19.2. The quantitative estimate of drug-likeness (QED) is 0.737. The Morgan fingerprint density at radius 3 is 1.52 bits per heavy atom. The highest BCUT2D eigenvalue weighted by Crippen LogP contribution is 2.04. The van der Waals surface area contributed by atoms with Gasteiger partial charge in [-0.2, -0.15) is 0 Å². The maximum atomic E-state index is 6.05. The largest absolute Gasteiger partial charge is 0.379 e. The molecule has 7 heteroatoms. The molecule has 0 amide bonds. The van der Waals surface area contributed by atoms with Crippen molar-refractivity contribution in [3.63, 3.8) is 0 Å². The monoisotopic (exact) mass is 426 g/mol. The minimum absolute atomic E-state index is 0.744. The van der Waals surface area contributed by atoms with Crippen LogP contribution in [0.5, 0.6) is 0 Å². The molecule has 2 aromatic rings. The van der Waals surface area contributed by atoms with E-state index in [4.69, 9.17) is 4.74 Å². The molecule has 0 atom stereocenters. The van der Waals surface area contributed by atoms with Crippen molar-refractivity contribution in [3.05, 3.63) is 60.2 Å². The van der Waals surface area contributed by atoms with Crippen LogP contribution in [-0.2, 0) is 17.8 Å². The summed E-state index contributed by atoms with van der Waals surface area (Å²) in [6, 6.07) is 12.3. The average Bonchev–Trinajstić information content (AvgIpc) is 2.80. The van der Waals surface area contributed by atoms with E-state index in [1.807, 2.05) is 24.5 Å². The lowest BCUT2D eigenvalue weighted by Crippen LogP contribution is -2.39. The Labute approximate surface area is 187 Å². The van der Waals surface area contributed by atoms with Gasteiger partial charge in [0.1, 0.15) is 0 Å². The Balaban J connectivity index is 1.57. The van der Waals surface area contributed by atoms with Crippen molar-refractivity contribution in [2.75, 3.05) is 79.7 Å². The van der Waals surface area contributed by atoms with Gasteiger partial charge in [-0.1, -0.05) is 12.1 Å². The van der Waals surface area contributed by atoms with Crippen LogP contribution in [0.3, 0.4) is 0 Å². The number of rotatable bonds is 4. The number of ether oxygens (including phenoxy) is 1. The first-order chi connectivity index (χ1) is 15.2. The molecule has 1 aliphatic rings. The molecular formula is C24H38N6O. The fourth-order valence-electron chi connectivity index (χ4n) is 3.66. The molecule has 0 bridgehead atoms. The number of aromatic nitrogens is 2. The lowest BCUT2D eigenvalue weighted by molar-refractivity contribution is 0.0765. The molecule has 7 nitrogen and oxygen atoms in total. The van der Waals surface area contributed by atoms with Gasteiger partial charge in [-0.25, -0.2) is 0 Å². The second kappa shape index (κ2) is 13.5. The third kappa shape index (κ3) is 9.41. The molecule has 0 aliphatic carbocycles. The lowest BCUT2D eigenvalue weighted by Gasteiger charge is -2.27. The molecule has 3 heterocycles. The van der Waals surface area contributed by atoms with Crippen LogP contribution in [0.1, 0.15) is 11.4 Å². The third-order valence-electron chi connectivity index (χ3n) is 5.79. The van der Waals surface area contributed by atoms with Gasteiger partial charge in [0.25, 0.3) is 0 Å². The molecule has 0 radical (unpaired) electrons. The van der Waals surface area contributed by atoms with E-state index >= 15 is 0 Å². The summed E-state index contributed by atoms with van der Waals surface area (Å²) < 4.78 is 6.05. The van der Waals surface area contributed by atoms with Gasteiger partial charge in [0.2, 0.25) is 0 Å². The third-order valence-corrected chi connectivity index (χ3v) is 5.79. The summed E-state index contributed by atoms with van der Waals surface area (Å²) in [4.78, 5) is 18.8. The molecule has 1 saturated heterocycles. The maximum absolute atomic E-state index is 6.05. The second-order valence-corrected chi connectivity index (χ2v) is 8.41. The molecule has 3 rings (SSSR count). The van der Waals surface area contributed by atoms with Crippen LogP contribution < -0.4 is 0 Å². The van der Waals surface area contributed by atoms with Crippen LogP contribution in [0.4, 0.5) is 0 Å². The summed E-state index contributed by atoms with van der Waals surface area (Å²) in [5, 5.41) is 0.